The Labute approximate surface area is 105 Å². The zero-order chi connectivity index (χ0) is 12.5. The molecule has 4 heteroatoms. The Morgan fingerprint density at radius 1 is 1.12 bits per heavy atom. The molecule has 0 bridgehead atoms. The molecular weight excluding hydrogens is 321 g/mol. The summed E-state index contributed by atoms with van der Waals surface area (Å²) in [4.78, 5) is 22.3. The summed E-state index contributed by atoms with van der Waals surface area (Å²) in [5.74, 6) is -0.293. The van der Waals surface area contributed by atoms with Crippen LogP contribution in [0.1, 0.15) is 10.5 Å². The average molecular weight is 336 g/mol. The first-order valence-electron chi connectivity index (χ1n) is 5.55. The molecule has 88 valence electrons. The number of benzene rings is 1. The number of fused-ring (bicyclic) bond motifs is 1. The van der Waals surface area contributed by atoms with Crippen LogP contribution in [0.3, 0.4) is 0 Å². The van der Waals surface area contributed by atoms with Crippen molar-refractivity contribution in [3.05, 3.63) is 42.1 Å². The minimum atomic E-state index is -2.56. The predicted molar refractivity (Wildman–Crippen MR) is 70.5 cm³/mol. The fourth-order valence-electron chi connectivity index (χ4n) is 1.51. The summed E-state index contributed by atoms with van der Waals surface area (Å²) in [6, 6.07) is 11.4. The number of carbonyl (C=O) groups excluding carboxylic acids is 1. The third-order valence-corrected chi connectivity index (χ3v) is 4.48. The van der Waals surface area contributed by atoms with Gasteiger partial charge in [0.2, 0.25) is 0 Å². The monoisotopic (exact) mass is 337 g/mol. The first kappa shape index (κ1) is 12.4. The Morgan fingerprint density at radius 2 is 1.82 bits per heavy atom. The standard InChI is InChI=1S/C10H7NO2.3CH3.Sn/c12-10(13)9-6-5-7-3-1-2-4-8(7)11-9;;;;/h1-6H,(H,12,13);3*1H3;/q;;;;+1/p-1. The average Bonchev–Trinajstić information content (AvgIpc) is 2.26. The van der Waals surface area contributed by atoms with E-state index in [1.165, 1.54) is 0 Å². The SMILES string of the molecule is [CH3][Sn]([CH3])([CH3])[O]C(=O)c1ccc2ccccc2n1. The van der Waals surface area contributed by atoms with Crippen molar-refractivity contribution in [2.24, 2.45) is 0 Å². The summed E-state index contributed by atoms with van der Waals surface area (Å²) in [6.45, 7) is 0. The van der Waals surface area contributed by atoms with Gasteiger partial charge in [0.05, 0.1) is 0 Å². The molecule has 0 aliphatic heterocycles. The Bertz CT molecular complexity index is 561. The molecule has 0 fully saturated rings. The molecule has 0 saturated carbocycles. The van der Waals surface area contributed by atoms with E-state index < -0.39 is 18.8 Å². The molecule has 1 aromatic heterocycles. The molecule has 0 radical (unpaired) electrons. The van der Waals surface area contributed by atoms with Crippen molar-refractivity contribution in [2.75, 3.05) is 0 Å². The summed E-state index contributed by atoms with van der Waals surface area (Å²) < 4.78 is 5.48. The Kier molecular flexibility index (Phi) is 3.37. The van der Waals surface area contributed by atoms with Crippen molar-refractivity contribution in [3.8, 4) is 0 Å². The molecule has 0 N–H and O–H groups in total. The van der Waals surface area contributed by atoms with Crippen LogP contribution in [-0.4, -0.2) is 29.7 Å². The van der Waals surface area contributed by atoms with Crippen molar-refractivity contribution in [1.29, 1.82) is 0 Å². The van der Waals surface area contributed by atoms with E-state index in [2.05, 4.69) is 4.98 Å². The fraction of sp³-hybridized carbons (Fsp3) is 0.231. The summed E-state index contributed by atoms with van der Waals surface area (Å²) in [7, 11) is 0. The zero-order valence-electron chi connectivity index (χ0n) is 10.2. The molecule has 17 heavy (non-hydrogen) atoms. The Hall–Kier alpha value is -1.10. The van der Waals surface area contributed by atoms with E-state index in [0.29, 0.717) is 5.69 Å². The van der Waals surface area contributed by atoms with Crippen LogP contribution in [0.15, 0.2) is 36.4 Å². The van der Waals surface area contributed by atoms with Crippen LogP contribution in [0.4, 0.5) is 0 Å². The number of hydrogen-bond acceptors (Lipinski definition) is 3. The maximum absolute atomic E-state index is 11.9. The van der Waals surface area contributed by atoms with E-state index in [1.807, 2.05) is 45.2 Å². The minimum absolute atomic E-state index is 0.293. The summed E-state index contributed by atoms with van der Waals surface area (Å²) >= 11 is -2.56. The van der Waals surface area contributed by atoms with Gasteiger partial charge >= 0.3 is 105 Å². The van der Waals surface area contributed by atoms with Gasteiger partial charge < -0.3 is 0 Å². The summed E-state index contributed by atoms with van der Waals surface area (Å²) in [5, 5.41) is 1.03. The van der Waals surface area contributed by atoms with Gasteiger partial charge in [0.15, 0.2) is 0 Å². The van der Waals surface area contributed by atoms with Gasteiger partial charge in [0, 0.05) is 0 Å². The molecule has 0 spiro atoms. The van der Waals surface area contributed by atoms with Crippen LogP contribution in [0, 0.1) is 0 Å². The molecule has 0 aliphatic carbocycles. The number of aromatic nitrogens is 1. The molecule has 2 rings (SSSR count). The topological polar surface area (TPSA) is 39.2 Å². The van der Waals surface area contributed by atoms with Gasteiger partial charge in [-0.05, 0) is 0 Å². The van der Waals surface area contributed by atoms with Gasteiger partial charge in [-0.2, -0.15) is 0 Å². The van der Waals surface area contributed by atoms with Crippen LogP contribution in [-0.2, 0) is 3.07 Å². The molecule has 0 unspecified atom stereocenters. The van der Waals surface area contributed by atoms with Crippen LogP contribution < -0.4 is 0 Å². The number of nitrogens with zero attached hydrogens (tertiary/aromatic N) is 1. The number of rotatable bonds is 2. The van der Waals surface area contributed by atoms with E-state index in [-0.39, 0.29) is 5.97 Å². The third kappa shape index (κ3) is 3.18. The Balaban J connectivity index is 2.33. The molecule has 0 saturated heterocycles. The van der Waals surface area contributed by atoms with Crippen molar-refractivity contribution in [1.82, 2.24) is 4.98 Å². The van der Waals surface area contributed by atoms with Crippen molar-refractivity contribution in [3.63, 3.8) is 0 Å². The van der Waals surface area contributed by atoms with E-state index >= 15 is 0 Å². The second kappa shape index (κ2) is 4.64. The summed E-state index contributed by atoms with van der Waals surface area (Å²) in [6.07, 6.45) is 0. The number of para-hydroxylation sites is 1. The maximum atomic E-state index is 11.9. The predicted octanol–water partition coefficient (Wildman–Crippen LogP) is 3.23. The second-order valence-corrected chi connectivity index (χ2v) is 17.5. The fourth-order valence-corrected chi connectivity index (χ4v) is 3.40. The van der Waals surface area contributed by atoms with E-state index in [9.17, 15) is 4.79 Å². The first-order valence-corrected chi connectivity index (χ1v) is 15.3. The number of carbonyl (C=O) groups is 1. The van der Waals surface area contributed by atoms with Crippen LogP contribution in [0.25, 0.3) is 10.9 Å². The third-order valence-electron chi connectivity index (χ3n) is 2.21. The van der Waals surface area contributed by atoms with Gasteiger partial charge in [0.25, 0.3) is 0 Å². The van der Waals surface area contributed by atoms with Gasteiger partial charge in [-0.25, -0.2) is 0 Å². The Morgan fingerprint density at radius 3 is 2.53 bits per heavy atom. The number of hydrogen-bond donors (Lipinski definition) is 0. The van der Waals surface area contributed by atoms with E-state index in [4.69, 9.17) is 3.07 Å². The normalized spacial score (nSPS) is 11.5. The van der Waals surface area contributed by atoms with E-state index in [1.54, 1.807) is 6.07 Å². The van der Waals surface area contributed by atoms with Gasteiger partial charge in [-0.15, -0.1) is 0 Å². The van der Waals surface area contributed by atoms with Crippen LogP contribution in [0.2, 0.25) is 14.8 Å². The molecule has 0 aliphatic rings. The zero-order valence-corrected chi connectivity index (χ0v) is 13.1. The molecule has 0 atom stereocenters. The molecule has 0 amide bonds. The van der Waals surface area contributed by atoms with Crippen molar-refractivity contribution in [2.45, 2.75) is 14.8 Å². The first-order chi connectivity index (χ1) is 7.96. The van der Waals surface area contributed by atoms with E-state index in [0.717, 1.165) is 10.9 Å². The quantitative estimate of drug-likeness (QED) is 0.791. The van der Waals surface area contributed by atoms with Crippen molar-refractivity contribution >= 4 is 35.7 Å². The summed E-state index contributed by atoms with van der Waals surface area (Å²) in [5.41, 5.74) is 1.22. The molecular formula is C13H15NO2Sn. The van der Waals surface area contributed by atoms with Gasteiger partial charge in [-0.3, -0.25) is 0 Å². The van der Waals surface area contributed by atoms with Crippen molar-refractivity contribution < 1.29 is 7.87 Å². The molecule has 2 aromatic rings. The molecule has 3 nitrogen and oxygen atoms in total. The van der Waals surface area contributed by atoms with Gasteiger partial charge in [-0.1, -0.05) is 0 Å². The second-order valence-electron chi connectivity index (χ2n) is 4.89. The molecule has 1 heterocycles. The number of pyridine rings is 1. The van der Waals surface area contributed by atoms with Crippen LogP contribution >= 0.6 is 0 Å². The molecule has 1 aromatic carbocycles. The van der Waals surface area contributed by atoms with Crippen LogP contribution in [0.5, 0.6) is 0 Å². The van der Waals surface area contributed by atoms with Gasteiger partial charge in [0.1, 0.15) is 0 Å².